The van der Waals surface area contributed by atoms with Crippen molar-refractivity contribution in [2.24, 2.45) is 0 Å². The summed E-state index contributed by atoms with van der Waals surface area (Å²) in [6, 6.07) is 14.5. The molecule has 0 spiro atoms. The highest BCUT2D eigenvalue weighted by atomic mass is 35.5. The van der Waals surface area contributed by atoms with E-state index in [1.165, 1.54) is 49.5 Å². The van der Waals surface area contributed by atoms with Gasteiger partial charge in [0.2, 0.25) is 11.8 Å². The first-order chi connectivity index (χ1) is 19.9. The van der Waals surface area contributed by atoms with Gasteiger partial charge in [-0.25, -0.2) is 12.8 Å². The average molecular weight is 620 g/mol. The molecule has 9 nitrogen and oxygen atoms in total. The molecule has 12 heteroatoms. The summed E-state index contributed by atoms with van der Waals surface area (Å²) in [6.45, 7) is 4.69. The van der Waals surface area contributed by atoms with Gasteiger partial charge in [0.25, 0.3) is 10.0 Å². The van der Waals surface area contributed by atoms with E-state index in [1.54, 1.807) is 31.2 Å². The normalized spacial score (nSPS) is 12.6. The van der Waals surface area contributed by atoms with Crippen molar-refractivity contribution in [3.8, 4) is 11.5 Å². The van der Waals surface area contributed by atoms with E-state index in [4.69, 9.17) is 21.1 Å². The van der Waals surface area contributed by atoms with E-state index in [-0.39, 0.29) is 34.8 Å². The standard InChI is InChI=1S/C30H35ClFN3O6S/c1-6-20(2)33-30(37)21(3)34(18-22-7-9-23(31)10-8-22)29(36)19-35(25-13-11-24(32)12-14-25)42(38,39)26-15-16-27(40-4)28(17-26)41-5/h7-17,20-21H,6,18-19H2,1-5H3,(H,33,37)/t20-,21+/m1/s1. The maximum atomic E-state index is 14.0. The summed E-state index contributed by atoms with van der Waals surface area (Å²) >= 11 is 6.03. The maximum absolute atomic E-state index is 14.0. The van der Waals surface area contributed by atoms with Crippen molar-refractivity contribution < 1.29 is 31.9 Å². The van der Waals surface area contributed by atoms with Crippen LogP contribution in [0, 0.1) is 5.82 Å². The lowest BCUT2D eigenvalue weighted by Crippen LogP contribution is -2.52. The minimum atomic E-state index is -4.39. The van der Waals surface area contributed by atoms with Crippen molar-refractivity contribution in [3.05, 3.63) is 83.1 Å². The predicted octanol–water partition coefficient (Wildman–Crippen LogP) is 5.02. The van der Waals surface area contributed by atoms with Crippen molar-refractivity contribution in [2.75, 3.05) is 25.1 Å². The summed E-state index contributed by atoms with van der Waals surface area (Å²) in [5, 5.41) is 3.38. The number of nitrogens with one attached hydrogen (secondary N) is 1. The average Bonchev–Trinajstić information content (AvgIpc) is 2.98. The summed E-state index contributed by atoms with van der Waals surface area (Å²) in [6.07, 6.45) is 0.686. The molecule has 0 aromatic heterocycles. The number of ether oxygens (including phenoxy) is 2. The Morgan fingerprint density at radius 2 is 1.57 bits per heavy atom. The van der Waals surface area contributed by atoms with Gasteiger partial charge in [-0.2, -0.15) is 0 Å². The maximum Gasteiger partial charge on any atom is 0.264 e. The minimum Gasteiger partial charge on any atom is -0.493 e. The number of hydrogen-bond acceptors (Lipinski definition) is 6. The lowest BCUT2D eigenvalue weighted by molar-refractivity contribution is -0.139. The highest BCUT2D eigenvalue weighted by Gasteiger charge is 2.33. The van der Waals surface area contributed by atoms with Gasteiger partial charge >= 0.3 is 0 Å². The van der Waals surface area contributed by atoms with Gasteiger partial charge in [-0.1, -0.05) is 30.7 Å². The van der Waals surface area contributed by atoms with Gasteiger partial charge in [0.1, 0.15) is 18.4 Å². The van der Waals surface area contributed by atoms with E-state index in [9.17, 15) is 22.4 Å². The fourth-order valence-corrected chi connectivity index (χ4v) is 5.63. The molecule has 42 heavy (non-hydrogen) atoms. The van der Waals surface area contributed by atoms with Crippen LogP contribution in [0.25, 0.3) is 0 Å². The molecule has 0 saturated heterocycles. The van der Waals surface area contributed by atoms with Crippen molar-refractivity contribution >= 4 is 39.1 Å². The fraction of sp³-hybridized carbons (Fsp3) is 0.333. The highest BCUT2D eigenvalue weighted by molar-refractivity contribution is 7.92. The number of amides is 2. The van der Waals surface area contributed by atoms with Crippen LogP contribution in [0.1, 0.15) is 32.8 Å². The van der Waals surface area contributed by atoms with Gasteiger partial charge < -0.3 is 19.7 Å². The number of anilines is 1. The third-order valence-corrected chi connectivity index (χ3v) is 8.79. The Kier molecular flexibility index (Phi) is 11.2. The molecule has 3 rings (SSSR count). The van der Waals surface area contributed by atoms with E-state index in [2.05, 4.69) is 5.32 Å². The molecule has 2 atom stereocenters. The molecule has 0 fully saturated rings. The lowest BCUT2D eigenvalue weighted by Gasteiger charge is -2.32. The highest BCUT2D eigenvalue weighted by Crippen LogP contribution is 2.32. The number of halogens is 2. The monoisotopic (exact) mass is 619 g/mol. The number of hydrogen-bond donors (Lipinski definition) is 1. The Balaban J connectivity index is 2.06. The van der Waals surface area contributed by atoms with Crippen LogP contribution in [0.5, 0.6) is 11.5 Å². The van der Waals surface area contributed by atoms with Crippen LogP contribution in [-0.2, 0) is 26.2 Å². The van der Waals surface area contributed by atoms with E-state index >= 15 is 0 Å². The molecule has 0 bridgehead atoms. The van der Waals surface area contributed by atoms with Crippen molar-refractivity contribution in [2.45, 2.75) is 50.7 Å². The molecule has 0 radical (unpaired) electrons. The summed E-state index contributed by atoms with van der Waals surface area (Å²) < 4.78 is 53.2. The first-order valence-electron chi connectivity index (χ1n) is 13.3. The Morgan fingerprint density at radius 3 is 2.14 bits per heavy atom. The Bertz CT molecular complexity index is 1490. The smallest absolute Gasteiger partial charge is 0.264 e. The number of carbonyl (C=O) groups is 2. The fourth-order valence-electron chi connectivity index (χ4n) is 4.07. The Morgan fingerprint density at radius 1 is 0.952 bits per heavy atom. The minimum absolute atomic E-state index is 0.0127. The van der Waals surface area contributed by atoms with Crippen LogP contribution in [0.3, 0.4) is 0 Å². The van der Waals surface area contributed by atoms with Crippen LogP contribution in [-0.4, -0.2) is 58.0 Å². The molecule has 0 heterocycles. The van der Waals surface area contributed by atoms with Crippen molar-refractivity contribution in [1.29, 1.82) is 0 Å². The number of methoxy groups -OCH3 is 2. The zero-order chi connectivity index (χ0) is 31.0. The number of carbonyl (C=O) groups excluding carboxylic acids is 2. The summed E-state index contributed by atoms with van der Waals surface area (Å²) in [5.74, 6) is -1.12. The molecule has 0 saturated carbocycles. The zero-order valence-electron chi connectivity index (χ0n) is 24.1. The van der Waals surface area contributed by atoms with Crippen LogP contribution in [0.2, 0.25) is 5.02 Å². The molecule has 2 amide bonds. The number of sulfonamides is 1. The summed E-state index contributed by atoms with van der Waals surface area (Å²) in [4.78, 5) is 28.2. The van der Waals surface area contributed by atoms with Gasteiger partial charge in [0.15, 0.2) is 11.5 Å². The van der Waals surface area contributed by atoms with Crippen LogP contribution >= 0.6 is 11.6 Å². The molecule has 3 aromatic rings. The molecule has 3 aromatic carbocycles. The van der Waals surface area contributed by atoms with Gasteiger partial charge in [0, 0.05) is 23.7 Å². The number of nitrogens with zero attached hydrogens (tertiary/aromatic N) is 2. The Hall–Kier alpha value is -3.83. The quantitative estimate of drug-likeness (QED) is 0.288. The van der Waals surface area contributed by atoms with Gasteiger partial charge in [-0.3, -0.25) is 13.9 Å². The zero-order valence-corrected chi connectivity index (χ0v) is 25.7. The van der Waals surface area contributed by atoms with E-state index in [0.29, 0.717) is 22.8 Å². The van der Waals surface area contributed by atoms with E-state index in [1.807, 2.05) is 13.8 Å². The van der Waals surface area contributed by atoms with E-state index in [0.717, 1.165) is 16.4 Å². The van der Waals surface area contributed by atoms with E-state index < -0.39 is 34.3 Å². The molecule has 0 unspecified atom stereocenters. The SMILES string of the molecule is CC[C@@H](C)NC(=O)[C@H](C)N(Cc1ccc(Cl)cc1)C(=O)CN(c1ccc(F)cc1)S(=O)(=O)c1ccc(OC)c(OC)c1. The number of benzene rings is 3. The molecule has 226 valence electrons. The first kappa shape index (κ1) is 32.7. The molecule has 1 N–H and O–H groups in total. The van der Waals surface area contributed by atoms with Crippen LogP contribution in [0.15, 0.2) is 71.6 Å². The summed E-state index contributed by atoms with van der Waals surface area (Å²) in [7, 11) is -1.60. The molecular weight excluding hydrogens is 585 g/mol. The van der Waals surface area contributed by atoms with Crippen molar-refractivity contribution in [3.63, 3.8) is 0 Å². The van der Waals surface area contributed by atoms with Gasteiger partial charge in [0.05, 0.1) is 24.8 Å². The largest absolute Gasteiger partial charge is 0.493 e. The van der Waals surface area contributed by atoms with Gasteiger partial charge in [-0.05, 0) is 74.4 Å². The molecule has 0 aliphatic rings. The Labute approximate surface area is 251 Å². The van der Waals surface area contributed by atoms with Gasteiger partial charge in [-0.15, -0.1) is 0 Å². The second kappa shape index (κ2) is 14.4. The third-order valence-electron chi connectivity index (χ3n) is 6.77. The molecular formula is C30H35ClFN3O6S. The topological polar surface area (TPSA) is 105 Å². The second-order valence-electron chi connectivity index (χ2n) is 9.65. The van der Waals surface area contributed by atoms with Crippen LogP contribution in [0.4, 0.5) is 10.1 Å². The van der Waals surface area contributed by atoms with Crippen LogP contribution < -0.4 is 19.1 Å². The first-order valence-corrected chi connectivity index (χ1v) is 15.1. The van der Waals surface area contributed by atoms with Crippen molar-refractivity contribution in [1.82, 2.24) is 10.2 Å². The summed E-state index contributed by atoms with van der Waals surface area (Å²) in [5.41, 5.74) is 0.745. The number of rotatable bonds is 13. The lowest BCUT2D eigenvalue weighted by atomic mass is 10.1. The third kappa shape index (κ3) is 7.92. The molecule has 0 aliphatic heterocycles. The second-order valence-corrected chi connectivity index (χ2v) is 11.9. The molecule has 0 aliphatic carbocycles. The predicted molar refractivity (Wildman–Crippen MR) is 160 cm³/mol.